The molecule has 0 aliphatic heterocycles. The fourth-order valence-corrected chi connectivity index (χ4v) is 9.81. The Bertz CT molecular complexity index is 2290. The summed E-state index contributed by atoms with van der Waals surface area (Å²) < 4.78 is 38.1. The molecule has 0 saturated heterocycles. The van der Waals surface area contributed by atoms with E-state index in [-0.39, 0.29) is 127 Å². The van der Waals surface area contributed by atoms with Crippen LogP contribution in [0, 0.1) is 0 Å². The fourth-order valence-electron chi connectivity index (χ4n) is 9.81. The zero-order valence-electron chi connectivity index (χ0n) is 53.2. The minimum absolute atomic E-state index is 0.000480. The summed E-state index contributed by atoms with van der Waals surface area (Å²) in [7, 11) is 0. The monoisotopic (exact) mass is 1220 g/mol. The largest absolute Gasteiger partial charge is 0.480 e. The van der Waals surface area contributed by atoms with Gasteiger partial charge in [0.1, 0.15) is 43.1 Å². The predicted molar refractivity (Wildman–Crippen MR) is 332 cm³/mol. The van der Waals surface area contributed by atoms with Gasteiger partial charge in [-0.05, 0) is 102 Å². The summed E-state index contributed by atoms with van der Waals surface area (Å²) in [5.41, 5.74) is 3.12. The first-order valence-electron chi connectivity index (χ1n) is 31.9. The highest BCUT2D eigenvalue weighted by atomic mass is 16.6. The molecule has 0 spiro atoms. The molecule has 87 heavy (non-hydrogen) atoms. The number of esters is 2. The highest BCUT2D eigenvalue weighted by Crippen LogP contribution is 2.44. The van der Waals surface area contributed by atoms with Crippen LogP contribution in [0.25, 0.3) is 11.1 Å². The molecular formula is C66H105N5O16. The number of amides is 5. The van der Waals surface area contributed by atoms with E-state index in [4.69, 9.17) is 33.2 Å². The lowest BCUT2D eigenvalue weighted by Crippen LogP contribution is -2.44. The quantitative estimate of drug-likeness (QED) is 0.0204. The molecule has 6 N–H and O–H groups in total. The third-order valence-corrected chi connectivity index (χ3v) is 14.2. The van der Waals surface area contributed by atoms with Crippen molar-refractivity contribution in [3.8, 4) is 11.1 Å². The first kappa shape index (κ1) is 75.1. The highest BCUT2D eigenvalue weighted by molar-refractivity contribution is 5.86. The van der Waals surface area contributed by atoms with E-state index < -0.39 is 41.3 Å². The maximum absolute atomic E-state index is 13.0. The SMILES string of the molecule is CC(C)(C)OC(=O)CCCCCCCCCCCCCCCCCCC(=O)NC(CCC(=O)NCCOCCOCC(=O)NCCOCCOCC(=O)NCCCC[C@H](NC(=O)OCC1c2ccccc2-c2ccccc21)C(=O)O)C(=O)OC(C)(C)C. The maximum Gasteiger partial charge on any atom is 0.407 e. The number of hydrogen-bond acceptors (Lipinski definition) is 15. The zero-order valence-corrected chi connectivity index (χ0v) is 53.2. The predicted octanol–water partition coefficient (Wildman–Crippen LogP) is 9.53. The molecule has 21 nitrogen and oxygen atoms in total. The van der Waals surface area contributed by atoms with E-state index in [0.29, 0.717) is 32.2 Å². The number of carboxylic acids is 1. The van der Waals surface area contributed by atoms with Crippen LogP contribution in [0.15, 0.2) is 48.5 Å². The lowest BCUT2D eigenvalue weighted by Gasteiger charge is -2.24. The Morgan fingerprint density at radius 3 is 1.39 bits per heavy atom. The van der Waals surface area contributed by atoms with E-state index in [1.165, 1.54) is 64.2 Å². The van der Waals surface area contributed by atoms with Gasteiger partial charge in [-0.15, -0.1) is 0 Å². The van der Waals surface area contributed by atoms with Gasteiger partial charge in [-0.3, -0.25) is 24.0 Å². The van der Waals surface area contributed by atoms with Crippen LogP contribution < -0.4 is 26.6 Å². The number of carbonyl (C=O) groups excluding carboxylic acids is 7. The molecule has 0 fully saturated rings. The number of alkyl carbamates (subject to hydrolysis) is 1. The first-order valence-corrected chi connectivity index (χ1v) is 31.9. The van der Waals surface area contributed by atoms with Crippen molar-refractivity contribution in [3.05, 3.63) is 59.7 Å². The second-order valence-electron chi connectivity index (χ2n) is 24.2. The van der Waals surface area contributed by atoms with Crippen LogP contribution in [-0.4, -0.2) is 155 Å². The van der Waals surface area contributed by atoms with Gasteiger partial charge in [0.05, 0.1) is 39.6 Å². The number of nitrogens with one attached hydrogen (secondary N) is 5. The Hall–Kier alpha value is -6.16. The van der Waals surface area contributed by atoms with E-state index >= 15 is 0 Å². The molecule has 2 aromatic carbocycles. The summed E-state index contributed by atoms with van der Waals surface area (Å²) in [5, 5.41) is 23.1. The van der Waals surface area contributed by atoms with E-state index in [1.54, 1.807) is 20.8 Å². The van der Waals surface area contributed by atoms with Crippen molar-refractivity contribution in [3.63, 3.8) is 0 Å². The van der Waals surface area contributed by atoms with Gasteiger partial charge in [-0.2, -0.15) is 0 Å². The number of hydrogen-bond donors (Lipinski definition) is 6. The van der Waals surface area contributed by atoms with Crippen LogP contribution in [0.1, 0.15) is 206 Å². The van der Waals surface area contributed by atoms with Gasteiger partial charge in [-0.25, -0.2) is 14.4 Å². The Balaban J connectivity index is 1.09. The summed E-state index contributed by atoms with van der Waals surface area (Å²) in [6.07, 6.45) is 19.5. The van der Waals surface area contributed by atoms with Crippen molar-refractivity contribution < 1.29 is 76.6 Å². The number of benzene rings is 2. The van der Waals surface area contributed by atoms with Gasteiger partial charge in [0.2, 0.25) is 23.6 Å². The van der Waals surface area contributed by atoms with Crippen LogP contribution in [0.3, 0.4) is 0 Å². The Labute approximate surface area is 517 Å². The molecular weight excluding hydrogens is 1120 g/mol. The summed E-state index contributed by atoms with van der Waals surface area (Å²) in [5.74, 6) is -3.22. The second-order valence-corrected chi connectivity index (χ2v) is 24.2. The average Bonchev–Trinajstić information content (AvgIpc) is 1.69. The molecule has 490 valence electrons. The van der Waals surface area contributed by atoms with E-state index in [1.807, 2.05) is 69.3 Å². The molecule has 0 saturated carbocycles. The van der Waals surface area contributed by atoms with Crippen LogP contribution in [0.4, 0.5) is 4.79 Å². The van der Waals surface area contributed by atoms with Crippen LogP contribution in [-0.2, 0) is 66.7 Å². The number of unbranched alkanes of at least 4 members (excludes halogenated alkanes) is 16. The van der Waals surface area contributed by atoms with Crippen molar-refractivity contribution in [2.45, 2.75) is 218 Å². The summed E-state index contributed by atoms with van der Waals surface area (Å²) in [6, 6.07) is 13.8. The average molecular weight is 1220 g/mol. The maximum atomic E-state index is 13.0. The smallest absolute Gasteiger partial charge is 0.407 e. The number of carbonyl (C=O) groups is 8. The molecule has 5 amide bonds. The fraction of sp³-hybridized carbons (Fsp3) is 0.697. The summed E-state index contributed by atoms with van der Waals surface area (Å²) in [4.78, 5) is 99.1. The standard InChI is InChI=1S/C66H105N5O16/c1-65(2,3)86-61(76)35-22-20-18-16-14-12-10-8-7-9-11-13-15-17-19-21-34-58(73)70-56(63(79)87-66(4,5)6)36-37-57(72)68-39-41-81-43-46-84-49-60(75)69-40-42-82-44-45-83-48-59(74)67-38-28-27-33-55(62(77)78)71-64(80)85-47-54-52-31-25-23-29-50(52)51-30-24-26-32-53(51)54/h23-26,29-32,54-56H,7-22,27-28,33-49H2,1-6H3,(H,67,74)(H,68,72)(H,69,75)(H,70,73)(H,71,80)(H,77,78)/t55-,56?/m0/s1. The Morgan fingerprint density at radius 2 is 0.897 bits per heavy atom. The molecule has 1 aliphatic rings. The van der Waals surface area contributed by atoms with E-state index in [2.05, 4.69) is 26.6 Å². The van der Waals surface area contributed by atoms with Crippen molar-refractivity contribution in [2.75, 3.05) is 79.1 Å². The highest BCUT2D eigenvalue weighted by Gasteiger charge is 2.31. The normalized spacial score (nSPS) is 12.7. The number of fused-ring (bicyclic) bond motifs is 3. The second kappa shape index (κ2) is 44.3. The Kier molecular flexibility index (Phi) is 38.2. The molecule has 2 aromatic rings. The number of carboxylic acid groups (broad SMARTS) is 1. The summed E-state index contributed by atoms with van der Waals surface area (Å²) >= 11 is 0. The summed E-state index contributed by atoms with van der Waals surface area (Å²) in [6.45, 7) is 12.5. The van der Waals surface area contributed by atoms with Gasteiger partial charge in [-0.1, -0.05) is 138 Å². The first-order chi connectivity index (χ1) is 41.7. The lowest BCUT2D eigenvalue weighted by atomic mass is 9.98. The molecule has 2 atom stereocenters. The van der Waals surface area contributed by atoms with Crippen molar-refractivity contribution in [1.29, 1.82) is 0 Å². The molecule has 1 unspecified atom stereocenters. The van der Waals surface area contributed by atoms with E-state index in [0.717, 1.165) is 60.8 Å². The minimum atomic E-state index is -1.18. The molecule has 0 heterocycles. The van der Waals surface area contributed by atoms with E-state index in [9.17, 15) is 43.5 Å². The third kappa shape index (κ3) is 36.7. The molecule has 3 rings (SSSR count). The molecule has 0 aromatic heterocycles. The third-order valence-electron chi connectivity index (χ3n) is 14.2. The molecule has 21 heteroatoms. The van der Waals surface area contributed by atoms with Gasteiger partial charge >= 0.3 is 24.0 Å². The van der Waals surface area contributed by atoms with Crippen LogP contribution in [0.5, 0.6) is 0 Å². The van der Waals surface area contributed by atoms with Gasteiger partial charge in [0.25, 0.3) is 0 Å². The minimum Gasteiger partial charge on any atom is -0.480 e. The molecule has 0 bridgehead atoms. The zero-order chi connectivity index (χ0) is 63.6. The molecule has 0 radical (unpaired) electrons. The van der Waals surface area contributed by atoms with Crippen LogP contribution in [0.2, 0.25) is 0 Å². The van der Waals surface area contributed by atoms with Gasteiger partial charge in [0.15, 0.2) is 0 Å². The van der Waals surface area contributed by atoms with Crippen molar-refractivity contribution in [2.24, 2.45) is 0 Å². The van der Waals surface area contributed by atoms with Gasteiger partial charge in [0, 0.05) is 44.8 Å². The Morgan fingerprint density at radius 1 is 0.448 bits per heavy atom. The van der Waals surface area contributed by atoms with Crippen molar-refractivity contribution >= 4 is 47.6 Å². The van der Waals surface area contributed by atoms with Crippen molar-refractivity contribution in [1.82, 2.24) is 26.6 Å². The number of ether oxygens (including phenoxy) is 7. The lowest BCUT2D eigenvalue weighted by molar-refractivity contribution is -0.159. The molecule has 1 aliphatic carbocycles. The van der Waals surface area contributed by atoms with Crippen LogP contribution >= 0.6 is 0 Å². The number of rotatable bonds is 49. The van der Waals surface area contributed by atoms with Gasteiger partial charge < -0.3 is 64.8 Å². The number of aliphatic carboxylic acids is 1. The topological polar surface area (TPSA) is 282 Å².